The van der Waals surface area contributed by atoms with Gasteiger partial charge in [0.1, 0.15) is 5.60 Å². The number of nitrogens with zero attached hydrogens (tertiary/aromatic N) is 1. The van der Waals surface area contributed by atoms with Crippen LogP contribution in [0.5, 0.6) is 0 Å². The maximum atomic E-state index is 11.9. The maximum Gasteiger partial charge on any atom is 0.410 e. The standard InChI is InChI=1S/C14H23N3O2/c1-14(2,3)19-13(18)17-7-5-12(10-17)16-9-11-4-6-15-8-11/h4,6,8,12,15-16H,5,7,9-10H2,1-3H3. The lowest BCUT2D eigenvalue weighted by molar-refractivity contribution is 0.0291. The molecule has 1 aliphatic rings. The number of hydrogen-bond donors (Lipinski definition) is 2. The summed E-state index contributed by atoms with van der Waals surface area (Å²) in [4.78, 5) is 16.7. The van der Waals surface area contributed by atoms with Crippen LogP contribution in [0.1, 0.15) is 32.8 Å². The molecule has 1 saturated heterocycles. The van der Waals surface area contributed by atoms with E-state index in [1.807, 2.05) is 39.2 Å². The molecule has 2 heterocycles. The first kappa shape index (κ1) is 13.9. The number of amides is 1. The Kier molecular flexibility index (Phi) is 4.14. The number of rotatable bonds is 3. The van der Waals surface area contributed by atoms with Crippen molar-refractivity contribution in [2.75, 3.05) is 13.1 Å². The topological polar surface area (TPSA) is 57.4 Å². The summed E-state index contributed by atoms with van der Waals surface area (Å²) in [6.07, 6.45) is 4.66. The molecule has 0 aliphatic carbocycles. The van der Waals surface area contributed by atoms with Gasteiger partial charge < -0.3 is 19.9 Å². The van der Waals surface area contributed by atoms with Crippen molar-refractivity contribution in [2.24, 2.45) is 0 Å². The largest absolute Gasteiger partial charge is 0.444 e. The molecule has 19 heavy (non-hydrogen) atoms. The van der Waals surface area contributed by atoms with E-state index in [4.69, 9.17) is 4.74 Å². The van der Waals surface area contributed by atoms with E-state index in [9.17, 15) is 4.79 Å². The number of nitrogens with one attached hydrogen (secondary N) is 2. The third-order valence-electron chi connectivity index (χ3n) is 3.10. The summed E-state index contributed by atoms with van der Waals surface area (Å²) in [7, 11) is 0. The van der Waals surface area contributed by atoms with Crippen molar-refractivity contribution in [3.05, 3.63) is 24.0 Å². The van der Waals surface area contributed by atoms with Gasteiger partial charge >= 0.3 is 6.09 Å². The minimum absolute atomic E-state index is 0.210. The van der Waals surface area contributed by atoms with Crippen molar-refractivity contribution in [2.45, 2.75) is 45.4 Å². The summed E-state index contributed by atoms with van der Waals surface area (Å²) >= 11 is 0. The van der Waals surface area contributed by atoms with Crippen LogP contribution in [0.15, 0.2) is 18.5 Å². The number of carbonyl (C=O) groups is 1. The van der Waals surface area contributed by atoms with Gasteiger partial charge in [0.2, 0.25) is 0 Å². The van der Waals surface area contributed by atoms with Gasteiger partial charge in [0.25, 0.3) is 0 Å². The number of aromatic nitrogens is 1. The van der Waals surface area contributed by atoms with Crippen molar-refractivity contribution >= 4 is 6.09 Å². The summed E-state index contributed by atoms with van der Waals surface area (Å²) in [5.74, 6) is 0. The van der Waals surface area contributed by atoms with Crippen LogP contribution >= 0.6 is 0 Å². The molecule has 0 bridgehead atoms. The van der Waals surface area contributed by atoms with Gasteiger partial charge in [-0.1, -0.05) is 0 Å². The van der Waals surface area contributed by atoms with Gasteiger partial charge in [-0.25, -0.2) is 4.79 Å². The number of aromatic amines is 1. The van der Waals surface area contributed by atoms with Crippen LogP contribution in [0.3, 0.4) is 0 Å². The first-order valence-electron chi connectivity index (χ1n) is 6.77. The molecule has 0 aromatic carbocycles. The number of carbonyl (C=O) groups excluding carboxylic acids is 1. The molecular weight excluding hydrogens is 242 g/mol. The third-order valence-corrected chi connectivity index (χ3v) is 3.10. The minimum atomic E-state index is -0.423. The summed E-state index contributed by atoms with van der Waals surface area (Å²) < 4.78 is 5.37. The highest BCUT2D eigenvalue weighted by molar-refractivity contribution is 5.68. The number of hydrogen-bond acceptors (Lipinski definition) is 3. The van der Waals surface area contributed by atoms with Gasteiger partial charge in [-0.15, -0.1) is 0 Å². The Hall–Kier alpha value is -1.49. The van der Waals surface area contributed by atoms with E-state index in [1.54, 1.807) is 4.90 Å². The van der Waals surface area contributed by atoms with Crippen LogP contribution in [0.4, 0.5) is 4.79 Å². The van der Waals surface area contributed by atoms with Gasteiger partial charge in [-0.2, -0.15) is 0 Å². The summed E-state index contributed by atoms with van der Waals surface area (Å²) in [5.41, 5.74) is 0.809. The van der Waals surface area contributed by atoms with Crippen LogP contribution in [-0.2, 0) is 11.3 Å². The monoisotopic (exact) mass is 265 g/mol. The molecule has 0 saturated carbocycles. The number of likely N-dealkylation sites (tertiary alicyclic amines) is 1. The smallest absolute Gasteiger partial charge is 0.410 e. The van der Waals surface area contributed by atoms with E-state index in [2.05, 4.69) is 10.3 Å². The lowest BCUT2D eigenvalue weighted by atomic mass is 10.2. The fourth-order valence-electron chi connectivity index (χ4n) is 2.15. The predicted octanol–water partition coefficient (Wildman–Crippen LogP) is 2.11. The van der Waals surface area contributed by atoms with E-state index in [0.717, 1.165) is 26.1 Å². The third kappa shape index (κ3) is 4.28. The first-order valence-corrected chi connectivity index (χ1v) is 6.77. The fraction of sp³-hybridized carbons (Fsp3) is 0.643. The van der Waals surface area contributed by atoms with Crippen molar-refractivity contribution in [1.29, 1.82) is 0 Å². The fourth-order valence-corrected chi connectivity index (χ4v) is 2.15. The lowest BCUT2D eigenvalue weighted by Gasteiger charge is -2.24. The quantitative estimate of drug-likeness (QED) is 0.880. The Balaban J connectivity index is 1.75. The molecule has 0 radical (unpaired) electrons. The van der Waals surface area contributed by atoms with Crippen molar-refractivity contribution < 1.29 is 9.53 Å². The molecule has 5 nitrogen and oxygen atoms in total. The highest BCUT2D eigenvalue weighted by Gasteiger charge is 2.29. The van der Waals surface area contributed by atoms with Crippen molar-refractivity contribution in [3.63, 3.8) is 0 Å². The summed E-state index contributed by atoms with van der Waals surface area (Å²) in [6, 6.07) is 2.40. The van der Waals surface area contributed by atoms with E-state index in [1.165, 1.54) is 5.56 Å². The number of H-pyrrole nitrogens is 1. The first-order chi connectivity index (χ1) is 8.94. The molecule has 1 atom stereocenters. The van der Waals surface area contributed by atoms with Gasteiger partial charge in [0.15, 0.2) is 0 Å². The zero-order valence-electron chi connectivity index (χ0n) is 11.9. The molecule has 2 N–H and O–H groups in total. The second-order valence-corrected chi connectivity index (χ2v) is 6.01. The van der Waals surface area contributed by atoms with Gasteiger partial charge in [0, 0.05) is 38.1 Å². The van der Waals surface area contributed by atoms with Crippen LogP contribution < -0.4 is 5.32 Å². The van der Waals surface area contributed by atoms with Crippen LogP contribution in [0.25, 0.3) is 0 Å². The lowest BCUT2D eigenvalue weighted by Crippen LogP contribution is -2.38. The second-order valence-electron chi connectivity index (χ2n) is 6.01. The molecule has 0 spiro atoms. The molecule has 5 heteroatoms. The summed E-state index contributed by atoms with van der Waals surface area (Å²) in [6.45, 7) is 7.99. The van der Waals surface area contributed by atoms with E-state index >= 15 is 0 Å². The minimum Gasteiger partial charge on any atom is -0.444 e. The molecule has 2 rings (SSSR count). The number of ether oxygens (including phenoxy) is 1. The second kappa shape index (κ2) is 5.65. The Labute approximate surface area is 114 Å². The molecule has 106 valence electrons. The normalized spacial score (nSPS) is 19.7. The Bertz CT molecular complexity index is 409. The average Bonchev–Trinajstić information content (AvgIpc) is 2.96. The van der Waals surface area contributed by atoms with Gasteiger partial charge in [-0.05, 0) is 38.8 Å². The van der Waals surface area contributed by atoms with Crippen LogP contribution in [-0.4, -0.2) is 40.7 Å². The molecule has 1 unspecified atom stereocenters. The Morgan fingerprint density at radius 2 is 2.37 bits per heavy atom. The molecular formula is C14H23N3O2. The Morgan fingerprint density at radius 3 is 3.00 bits per heavy atom. The van der Waals surface area contributed by atoms with Crippen LogP contribution in [0, 0.1) is 0 Å². The Morgan fingerprint density at radius 1 is 1.58 bits per heavy atom. The van der Waals surface area contributed by atoms with Crippen molar-refractivity contribution in [1.82, 2.24) is 15.2 Å². The zero-order chi connectivity index (χ0) is 13.9. The highest BCUT2D eigenvalue weighted by Crippen LogP contribution is 2.15. The summed E-state index contributed by atoms with van der Waals surface area (Å²) in [5, 5.41) is 3.46. The zero-order valence-corrected chi connectivity index (χ0v) is 11.9. The van der Waals surface area contributed by atoms with E-state index < -0.39 is 5.60 Å². The molecule has 1 amide bonds. The SMILES string of the molecule is CC(C)(C)OC(=O)N1CCC(NCc2cc[nH]c2)C1. The van der Waals surface area contributed by atoms with E-state index in [0.29, 0.717) is 6.04 Å². The molecule has 1 fully saturated rings. The van der Waals surface area contributed by atoms with Crippen LogP contribution in [0.2, 0.25) is 0 Å². The van der Waals surface area contributed by atoms with Gasteiger partial charge in [0.05, 0.1) is 0 Å². The molecule has 1 aromatic rings. The van der Waals surface area contributed by atoms with Crippen molar-refractivity contribution in [3.8, 4) is 0 Å². The van der Waals surface area contributed by atoms with Gasteiger partial charge in [-0.3, -0.25) is 0 Å². The molecule has 1 aromatic heterocycles. The molecule has 1 aliphatic heterocycles. The average molecular weight is 265 g/mol. The highest BCUT2D eigenvalue weighted by atomic mass is 16.6. The van der Waals surface area contributed by atoms with E-state index in [-0.39, 0.29) is 6.09 Å². The predicted molar refractivity (Wildman–Crippen MR) is 73.8 cm³/mol. The maximum absolute atomic E-state index is 11.9.